The molecule has 1 nitrogen and oxygen atoms in total. The molecule has 1 heteroatoms. The average molecular weight is 234 g/mol. The largest absolute Gasteiger partial charge is 0.279 e. The molecular weight excluding hydrogens is 220 g/mol. The highest BCUT2D eigenvalue weighted by atomic mass is 16.1. The van der Waals surface area contributed by atoms with Gasteiger partial charge < -0.3 is 0 Å². The van der Waals surface area contributed by atoms with Crippen molar-refractivity contribution < 1.29 is 4.79 Å². The molecule has 2 aromatic carbocycles. The molecule has 0 fully saturated rings. The van der Waals surface area contributed by atoms with Crippen molar-refractivity contribution in [1.29, 1.82) is 0 Å². The van der Waals surface area contributed by atoms with Crippen molar-refractivity contribution in [2.24, 2.45) is 0 Å². The van der Waals surface area contributed by atoms with Crippen LogP contribution in [0.1, 0.15) is 27.0 Å². The van der Waals surface area contributed by atoms with E-state index in [0.29, 0.717) is 5.56 Å². The monoisotopic (exact) mass is 234 g/mol. The molecule has 0 atom stereocenters. The molecule has 0 spiro atoms. The van der Waals surface area contributed by atoms with Crippen molar-refractivity contribution in [3.8, 4) is 11.8 Å². The number of Topliss-reactive ketones (excluding diaryl/α,β-unsaturated/α-hetero) is 1. The first-order valence-corrected chi connectivity index (χ1v) is 5.85. The molecular formula is C17H14O. The number of aryl methyl sites for hydroxylation is 2. The second-order valence-corrected chi connectivity index (χ2v) is 4.31. The van der Waals surface area contributed by atoms with Crippen LogP contribution in [-0.4, -0.2) is 5.78 Å². The molecule has 0 radical (unpaired) electrons. The molecule has 0 aliphatic rings. The lowest BCUT2D eigenvalue weighted by atomic mass is 10.1. The van der Waals surface area contributed by atoms with Crippen LogP contribution in [0.15, 0.2) is 48.5 Å². The summed E-state index contributed by atoms with van der Waals surface area (Å²) in [6.07, 6.45) is 0. The molecule has 2 rings (SSSR count). The first kappa shape index (κ1) is 12.1. The van der Waals surface area contributed by atoms with Gasteiger partial charge in [-0.05, 0) is 37.5 Å². The van der Waals surface area contributed by atoms with Crippen LogP contribution in [0, 0.1) is 25.7 Å². The molecule has 0 aromatic heterocycles. The van der Waals surface area contributed by atoms with Gasteiger partial charge in [0.25, 0.3) is 0 Å². The molecule has 0 unspecified atom stereocenters. The van der Waals surface area contributed by atoms with E-state index in [1.807, 2.05) is 62.4 Å². The molecule has 0 bridgehead atoms. The zero-order valence-electron chi connectivity index (χ0n) is 10.5. The smallest absolute Gasteiger partial charge is 0.236 e. The average Bonchev–Trinajstić information content (AvgIpc) is 2.37. The van der Waals surface area contributed by atoms with Gasteiger partial charge in [-0.15, -0.1) is 0 Å². The highest BCUT2D eigenvalue weighted by Crippen LogP contribution is 2.05. The van der Waals surface area contributed by atoms with Gasteiger partial charge >= 0.3 is 0 Å². The van der Waals surface area contributed by atoms with Gasteiger partial charge in [0, 0.05) is 11.1 Å². The van der Waals surface area contributed by atoms with Crippen molar-refractivity contribution in [3.05, 3.63) is 70.8 Å². The third kappa shape index (κ3) is 3.09. The number of benzene rings is 2. The first-order chi connectivity index (χ1) is 8.65. The van der Waals surface area contributed by atoms with E-state index in [4.69, 9.17) is 0 Å². The van der Waals surface area contributed by atoms with Crippen molar-refractivity contribution in [2.75, 3.05) is 0 Å². The number of hydrogen-bond acceptors (Lipinski definition) is 1. The number of rotatable bonds is 1. The predicted octanol–water partition coefficient (Wildman–Crippen LogP) is 3.54. The van der Waals surface area contributed by atoms with Gasteiger partial charge in [-0.25, -0.2) is 0 Å². The van der Waals surface area contributed by atoms with Crippen LogP contribution in [0.25, 0.3) is 0 Å². The van der Waals surface area contributed by atoms with E-state index in [-0.39, 0.29) is 5.78 Å². The summed E-state index contributed by atoms with van der Waals surface area (Å²) in [5.74, 6) is 5.43. The summed E-state index contributed by atoms with van der Waals surface area (Å²) in [6.45, 7) is 4.00. The Kier molecular flexibility index (Phi) is 3.60. The van der Waals surface area contributed by atoms with Crippen LogP contribution in [0.3, 0.4) is 0 Å². The topological polar surface area (TPSA) is 17.1 Å². The summed E-state index contributed by atoms with van der Waals surface area (Å²) in [5.41, 5.74) is 3.79. The SMILES string of the molecule is Cc1ccc(C(=O)C#Cc2cccc(C)c2)cc1. The maximum atomic E-state index is 11.8. The van der Waals surface area contributed by atoms with E-state index in [1.54, 1.807) is 0 Å². The fourth-order valence-electron chi connectivity index (χ4n) is 1.63. The van der Waals surface area contributed by atoms with Crippen LogP contribution >= 0.6 is 0 Å². The second-order valence-electron chi connectivity index (χ2n) is 4.31. The van der Waals surface area contributed by atoms with E-state index >= 15 is 0 Å². The van der Waals surface area contributed by atoms with E-state index in [0.717, 1.165) is 16.7 Å². The summed E-state index contributed by atoms with van der Waals surface area (Å²) in [5, 5.41) is 0. The molecule has 0 saturated carbocycles. The third-order valence-corrected chi connectivity index (χ3v) is 2.65. The quantitative estimate of drug-likeness (QED) is 0.545. The summed E-state index contributed by atoms with van der Waals surface area (Å²) in [7, 11) is 0. The van der Waals surface area contributed by atoms with Gasteiger partial charge in [0.2, 0.25) is 5.78 Å². The molecule has 0 aliphatic heterocycles. The minimum atomic E-state index is -0.142. The fourth-order valence-corrected chi connectivity index (χ4v) is 1.63. The Morgan fingerprint density at radius 3 is 2.33 bits per heavy atom. The molecule has 0 amide bonds. The normalized spacial score (nSPS) is 9.44. The van der Waals surface area contributed by atoms with Gasteiger partial charge in [-0.3, -0.25) is 4.79 Å². The van der Waals surface area contributed by atoms with E-state index in [1.165, 1.54) is 0 Å². The Morgan fingerprint density at radius 1 is 0.944 bits per heavy atom. The van der Waals surface area contributed by atoms with Crippen LogP contribution in [0.2, 0.25) is 0 Å². The maximum absolute atomic E-state index is 11.8. The van der Waals surface area contributed by atoms with E-state index in [2.05, 4.69) is 11.8 Å². The molecule has 2 aromatic rings. The molecule has 0 heterocycles. The lowest BCUT2D eigenvalue weighted by molar-refractivity contribution is 0.105. The van der Waals surface area contributed by atoms with Crippen LogP contribution in [0.4, 0.5) is 0 Å². The maximum Gasteiger partial charge on any atom is 0.236 e. The summed E-state index contributed by atoms with van der Waals surface area (Å²) >= 11 is 0. The van der Waals surface area contributed by atoms with Gasteiger partial charge in [0.15, 0.2) is 0 Å². The Bertz CT molecular complexity index is 625. The van der Waals surface area contributed by atoms with Crippen molar-refractivity contribution >= 4 is 5.78 Å². The van der Waals surface area contributed by atoms with Gasteiger partial charge in [-0.2, -0.15) is 0 Å². The molecule has 0 N–H and O–H groups in total. The van der Waals surface area contributed by atoms with Crippen molar-refractivity contribution in [1.82, 2.24) is 0 Å². The Morgan fingerprint density at radius 2 is 1.67 bits per heavy atom. The number of carbonyl (C=O) groups is 1. The molecule has 18 heavy (non-hydrogen) atoms. The number of ketones is 1. The first-order valence-electron chi connectivity index (χ1n) is 5.85. The minimum Gasteiger partial charge on any atom is -0.279 e. The van der Waals surface area contributed by atoms with Crippen LogP contribution in [-0.2, 0) is 0 Å². The third-order valence-electron chi connectivity index (χ3n) is 2.65. The molecule has 0 aliphatic carbocycles. The fraction of sp³-hybridized carbons (Fsp3) is 0.118. The summed E-state index contributed by atoms with van der Waals surface area (Å²) < 4.78 is 0. The van der Waals surface area contributed by atoms with Gasteiger partial charge in [0.05, 0.1) is 0 Å². The van der Waals surface area contributed by atoms with Crippen LogP contribution in [0.5, 0.6) is 0 Å². The molecule has 0 saturated heterocycles. The lowest BCUT2D eigenvalue weighted by Gasteiger charge is -1.95. The van der Waals surface area contributed by atoms with Gasteiger partial charge in [0.1, 0.15) is 0 Å². The summed E-state index contributed by atoms with van der Waals surface area (Å²) in [4.78, 5) is 11.8. The lowest BCUT2D eigenvalue weighted by Crippen LogP contribution is -1.94. The van der Waals surface area contributed by atoms with E-state index in [9.17, 15) is 4.79 Å². The Labute approximate surface area is 107 Å². The highest BCUT2D eigenvalue weighted by molar-refractivity contribution is 6.09. The van der Waals surface area contributed by atoms with E-state index < -0.39 is 0 Å². The Balaban J connectivity index is 2.20. The Hall–Kier alpha value is -2.33. The number of carbonyl (C=O) groups excluding carboxylic acids is 1. The predicted molar refractivity (Wildman–Crippen MR) is 73.6 cm³/mol. The standard InChI is InChI=1S/C17H14O/c1-13-6-9-16(10-7-13)17(18)11-8-15-5-3-4-14(2)12-15/h3-7,9-10,12H,1-2H3. The summed E-state index contributed by atoms with van der Waals surface area (Å²) in [6, 6.07) is 15.3. The van der Waals surface area contributed by atoms with Crippen LogP contribution < -0.4 is 0 Å². The van der Waals surface area contributed by atoms with Gasteiger partial charge in [-0.1, -0.05) is 47.9 Å². The molecule has 88 valence electrons. The van der Waals surface area contributed by atoms with Crippen molar-refractivity contribution in [3.63, 3.8) is 0 Å². The van der Waals surface area contributed by atoms with Crippen molar-refractivity contribution in [2.45, 2.75) is 13.8 Å². The highest BCUT2D eigenvalue weighted by Gasteiger charge is 2.00. The minimum absolute atomic E-state index is 0.142. The zero-order chi connectivity index (χ0) is 13.0. The zero-order valence-corrected chi connectivity index (χ0v) is 10.5. The second kappa shape index (κ2) is 5.33. The number of hydrogen-bond donors (Lipinski definition) is 0.